The number of nitrogens with zero attached hydrogens (tertiary/aromatic N) is 1. The molecule has 7 aromatic carbocycles. The zero-order valence-electron chi connectivity index (χ0n) is 37.2. The largest absolute Gasteiger partial charge is 0.455 e. The van der Waals surface area contributed by atoms with E-state index in [0.29, 0.717) is 11.8 Å². The fourth-order valence-electron chi connectivity index (χ4n) is 10.6. The lowest BCUT2D eigenvalue weighted by Gasteiger charge is -2.31. The van der Waals surface area contributed by atoms with Crippen LogP contribution in [0.2, 0.25) is 0 Å². The van der Waals surface area contributed by atoms with Crippen molar-refractivity contribution < 1.29 is 4.42 Å². The normalized spacial score (nSPS) is 14.8. The van der Waals surface area contributed by atoms with Crippen molar-refractivity contribution in [2.45, 2.75) is 104 Å². The van der Waals surface area contributed by atoms with Gasteiger partial charge in [-0.25, -0.2) is 0 Å². The molecule has 0 aliphatic heterocycles. The van der Waals surface area contributed by atoms with Gasteiger partial charge >= 0.3 is 0 Å². The summed E-state index contributed by atoms with van der Waals surface area (Å²) in [6, 6.07) is 50.6. The molecule has 8 aromatic rings. The Kier molecular flexibility index (Phi) is 8.51. The standard InChI is InChI=1S/C58H57NO/c1-34(2)36-30-45(35(3)4)55-46(31-36)43-21-16-20-42(54(43)60-55)41-19-13-15-25-52(41)59(37-26-28-40-39-18-12-14-22-47(39)57(8,9)50(40)32-37)38-27-29-44-51(33-38)58(10,11)49-24-17-23-48(53(44)49)56(5,6)7/h12-35H,1-11H3. The van der Waals surface area contributed by atoms with E-state index in [2.05, 4.69) is 215 Å². The molecule has 2 aliphatic rings. The molecule has 0 amide bonds. The van der Waals surface area contributed by atoms with Crippen molar-refractivity contribution in [3.63, 3.8) is 0 Å². The SMILES string of the molecule is CC(C)c1cc(C(C)C)c2oc3c(-c4ccccc4N(c4ccc5c(c4)C(C)(C)c4ccccc4-5)c4ccc5c(c4)C(C)(C)c4cccc(C(C)(C)C)c4-5)cccc3c2c1. The van der Waals surface area contributed by atoms with Gasteiger partial charge in [-0.2, -0.15) is 0 Å². The number of anilines is 3. The Morgan fingerprint density at radius 1 is 0.483 bits per heavy atom. The van der Waals surface area contributed by atoms with E-state index in [1.807, 2.05) is 0 Å². The quantitative estimate of drug-likeness (QED) is 0.167. The Balaban J connectivity index is 1.23. The predicted octanol–water partition coefficient (Wildman–Crippen LogP) is 16.9. The lowest BCUT2D eigenvalue weighted by atomic mass is 9.79. The van der Waals surface area contributed by atoms with E-state index in [4.69, 9.17) is 4.42 Å². The van der Waals surface area contributed by atoms with E-state index >= 15 is 0 Å². The number of hydrogen-bond acceptors (Lipinski definition) is 2. The molecule has 0 radical (unpaired) electrons. The van der Waals surface area contributed by atoms with E-state index in [1.165, 1.54) is 66.6 Å². The Hall–Kier alpha value is -5.86. The second-order valence-corrected chi connectivity index (χ2v) is 20.2. The zero-order valence-corrected chi connectivity index (χ0v) is 37.2. The van der Waals surface area contributed by atoms with Gasteiger partial charge in [-0.3, -0.25) is 0 Å². The third-order valence-corrected chi connectivity index (χ3v) is 13.9. The van der Waals surface area contributed by atoms with Crippen LogP contribution in [0.15, 0.2) is 138 Å². The third-order valence-electron chi connectivity index (χ3n) is 13.9. The molecule has 0 saturated carbocycles. The zero-order chi connectivity index (χ0) is 42.0. The van der Waals surface area contributed by atoms with Crippen LogP contribution in [0.4, 0.5) is 17.1 Å². The van der Waals surface area contributed by atoms with Gasteiger partial charge in [0.05, 0.1) is 5.69 Å². The molecule has 60 heavy (non-hydrogen) atoms. The van der Waals surface area contributed by atoms with Crippen molar-refractivity contribution in [3.8, 4) is 33.4 Å². The van der Waals surface area contributed by atoms with Gasteiger partial charge in [-0.15, -0.1) is 0 Å². The number of benzene rings is 7. The van der Waals surface area contributed by atoms with Gasteiger partial charge < -0.3 is 9.32 Å². The summed E-state index contributed by atoms with van der Waals surface area (Å²) in [6.45, 7) is 25.7. The van der Waals surface area contributed by atoms with Crippen LogP contribution in [0.5, 0.6) is 0 Å². The van der Waals surface area contributed by atoms with E-state index < -0.39 is 0 Å². The maximum Gasteiger partial charge on any atom is 0.143 e. The molecule has 0 fully saturated rings. The van der Waals surface area contributed by atoms with Crippen LogP contribution in [0.3, 0.4) is 0 Å². The number of hydrogen-bond donors (Lipinski definition) is 0. The van der Waals surface area contributed by atoms with E-state index in [9.17, 15) is 0 Å². The van der Waals surface area contributed by atoms with Crippen LogP contribution >= 0.6 is 0 Å². The summed E-state index contributed by atoms with van der Waals surface area (Å²) in [5, 5.41) is 2.36. The summed E-state index contributed by atoms with van der Waals surface area (Å²) in [5.74, 6) is 0.757. The maximum atomic E-state index is 7.08. The first kappa shape index (κ1) is 38.3. The van der Waals surface area contributed by atoms with Gasteiger partial charge in [0.25, 0.3) is 0 Å². The van der Waals surface area contributed by atoms with Crippen molar-refractivity contribution in [1.29, 1.82) is 0 Å². The van der Waals surface area contributed by atoms with Crippen molar-refractivity contribution in [2.24, 2.45) is 0 Å². The van der Waals surface area contributed by atoms with Gasteiger partial charge in [0.1, 0.15) is 11.2 Å². The number of rotatable bonds is 6. The van der Waals surface area contributed by atoms with Gasteiger partial charge in [0.15, 0.2) is 0 Å². The fraction of sp³-hybridized carbons (Fsp3) is 0.276. The van der Waals surface area contributed by atoms with Crippen molar-refractivity contribution in [3.05, 3.63) is 172 Å². The van der Waals surface area contributed by atoms with Gasteiger partial charge in [0.2, 0.25) is 0 Å². The molecule has 2 nitrogen and oxygen atoms in total. The summed E-state index contributed by atoms with van der Waals surface area (Å²) in [4.78, 5) is 2.51. The molecule has 0 bridgehead atoms. The number of fused-ring (bicyclic) bond motifs is 9. The minimum absolute atomic E-state index is 0.0193. The first-order valence-corrected chi connectivity index (χ1v) is 22.0. The highest BCUT2D eigenvalue weighted by Gasteiger charge is 2.40. The second kappa shape index (κ2) is 13.3. The topological polar surface area (TPSA) is 16.4 Å². The summed E-state index contributed by atoms with van der Waals surface area (Å²) in [5.41, 5.74) is 22.2. The number of furan rings is 1. The predicted molar refractivity (Wildman–Crippen MR) is 256 cm³/mol. The van der Waals surface area contributed by atoms with Crippen molar-refractivity contribution >= 4 is 39.0 Å². The molecule has 2 aliphatic carbocycles. The smallest absolute Gasteiger partial charge is 0.143 e. The van der Waals surface area contributed by atoms with E-state index in [-0.39, 0.29) is 16.2 Å². The molecule has 0 atom stereocenters. The fourth-order valence-corrected chi connectivity index (χ4v) is 10.6. The average Bonchev–Trinajstić information content (AvgIpc) is 3.80. The highest BCUT2D eigenvalue weighted by atomic mass is 16.3. The Bertz CT molecular complexity index is 3030. The molecular weight excluding hydrogens is 727 g/mol. The van der Waals surface area contributed by atoms with Crippen molar-refractivity contribution in [2.75, 3.05) is 4.90 Å². The van der Waals surface area contributed by atoms with Gasteiger partial charge in [0, 0.05) is 44.1 Å². The van der Waals surface area contributed by atoms with Crippen LogP contribution in [0.25, 0.3) is 55.3 Å². The van der Waals surface area contributed by atoms with E-state index in [1.54, 1.807) is 0 Å². The second-order valence-electron chi connectivity index (χ2n) is 20.2. The van der Waals surface area contributed by atoms with Crippen LogP contribution in [-0.2, 0) is 16.2 Å². The molecule has 10 rings (SSSR count). The summed E-state index contributed by atoms with van der Waals surface area (Å²) < 4.78 is 7.08. The number of para-hydroxylation sites is 2. The maximum absolute atomic E-state index is 7.08. The lowest BCUT2D eigenvalue weighted by molar-refractivity contribution is 0.589. The van der Waals surface area contributed by atoms with Crippen LogP contribution in [0, 0.1) is 0 Å². The van der Waals surface area contributed by atoms with Gasteiger partial charge in [-0.1, -0.05) is 173 Å². The summed E-state index contributed by atoms with van der Waals surface area (Å²) in [6.07, 6.45) is 0. The molecule has 0 unspecified atom stereocenters. The Morgan fingerprint density at radius 3 is 1.77 bits per heavy atom. The third kappa shape index (κ3) is 5.59. The molecule has 1 heterocycles. The highest BCUT2D eigenvalue weighted by Crippen LogP contribution is 2.55. The molecule has 2 heteroatoms. The van der Waals surface area contributed by atoms with Crippen LogP contribution < -0.4 is 4.90 Å². The highest BCUT2D eigenvalue weighted by molar-refractivity contribution is 6.12. The minimum atomic E-state index is -0.169. The first-order valence-electron chi connectivity index (χ1n) is 22.0. The summed E-state index contributed by atoms with van der Waals surface area (Å²) in [7, 11) is 0. The Morgan fingerprint density at radius 2 is 1.07 bits per heavy atom. The van der Waals surface area contributed by atoms with Crippen LogP contribution in [-0.4, -0.2) is 0 Å². The monoisotopic (exact) mass is 783 g/mol. The molecule has 0 spiro atoms. The Labute approximate surface area is 356 Å². The lowest BCUT2D eigenvalue weighted by Crippen LogP contribution is -2.18. The molecule has 0 N–H and O–H groups in total. The molecule has 0 saturated heterocycles. The average molecular weight is 784 g/mol. The summed E-state index contributed by atoms with van der Waals surface area (Å²) >= 11 is 0. The van der Waals surface area contributed by atoms with Crippen molar-refractivity contribution in [1.82, 2.24) is 0 Å². The molecular formula is C58H57NO. The van der Waals surface area contributed by atoms with Gasteiger partial charge in [-0.05, 0) is 115 Å². The first-order chi connectivity index (χ1) is 28.6. The molecule has 1 aromatic heterocycles. The minimum Gasteiger partial charge on any atom is -0.455 e. The van der Waals surface area contributed by atoms with Crippen LogP contribution in [0.1, 0.15) is 127 Å². The molecule has 300 valence electrons. The van der Waals surface area contributed by atoms with E-state index in [0.717, 1.165) is 44.7 Å².